The number of aryl methyl sites for hydroxylation is 1. The first-order valence-electron chi connectivity index (χ1n) is 4.55. The molecule has 0 bridgehead atoms. The Labute approximate surface area is 83.9 Å². The van der Waals surface area contributed by atoms with Crippen molar-refractivity contribution in [1.82, 2.24) is 0 Å². The van der Waals surface area contributed by atoms with E-state index in [9.17, 15) is 4.79 Å². The molecule has 0 saturated carbocycles. The van der Waals surface area contributed by atoms with E-state index in [2.05, 4.69) is 0 Å². The Kier molecular flexibility index (Phi) is 3.51. The third-order valence-corrected chi connectivity index (χ3v) is 2.06. The average molecular weight is 193 g/mol. The van der Waals surface area contributed by atoms with E-state index >= 15 is 0 Å². The van der Waals surface area contributed by atoms with Gasteiger partial charge in [-0.3, -0.25) is 0 Å². The monoisotopic (exact) mass is 193 g/mol. The molecule has 0 fully saturated rings. The Morgan fingerprint density at radius 1 is 1.50 bits per heavy atom. The van der Waals surface area contributed by atoms with Gasteiger partial charge in [0.2, 0.25) is 0 Å². The molecule has 0 heterocycles. The number of benzene rings is 1. The molecule has 0 aliphatic carbocycles. The molecule has 0 aromatic heterocycles. The average Bonchev–Trinajstić information content (AvgIpc) is 2.15. The molecule has 1 aromatic carbocycles. The minimum atomic E-state index is 0.184. The standard InChI is InChI=1S/C11H15NO2/c1-8(13)3-4-9-5-6-10(12)7-11(9)14-2/h5-7H,3-4,12H2,1-2H3. The van der Waals surface area contributed by atoms with Crippen LogP contribution < -0.4 is 10.5 Å². The molecule has 0 unspecified atom stereocenters. The molecule has 2 N–H and O–H groups in total. The van der Waals surface area contributed by atoms with Gasteiger partial charge in [0, 0.05) is 18.2 Å². The zero-order valence-corrected chi connectivity index (χ0v) is 8.54. The minimum absolute atomic E-state index is 0.184. The van der Waals surface area contributed by atoms with E-state index < -0.39 is 0 Å². The fourth-order valence-corrected chi connectivity index (χ4v) is 1.28. The zero-order valence-electron chi connectivity index (χ0n) is 8.54. The van der Waals surface area contributed by atoms with Gasteiger partial charge < -0.3 is 15.3 Å². The molecular formula is C11H15NO2. The zero-order chi connectivity index (χ0) is 10.6. The summed E-state index contributed by atoms with van der Waals surface area (Å²) in [4.78, 5) is 10.8. The lowest BCUT2D eigenvalue weighted by Gasteiger charge is -2.08. The van der Waals surface area contributed by atoms with Crippen LogP contribution >= 0.6 is 0 Å². The first kappa shape index (κ1) is 10.6. The van der Waals surface area contributed by atoms with E-state index in [4.69, 9.17) is 10.5 Å². The highest BCUT2D eigenvalue weighted by Gasteiger charge is 2.04. The molecule has 3 nitrogen and oxygen atoms in total. The summed E-state index contributed by atoms with van der Waals surface area (Å²) in [5, 5.41) is 0. The first-order valence-corrected chi connectivity index (χ1v) is 4.55. The third kappa shape index (κ3) is 2.76. The smallest absolute Gasteiger partial charge is 0.130 e. The number of methoxy groups -OCH3 is 1. The molecule has 0 aliphatic rings. The van der Waals surface area contributed by atoms with Crippen molar-refractivity contribution in [1.29, 1.82) is 0 Å². The molecule has 0 aliphatic heterocycles. The van der Waals surface area contributed by atoms with Gasteiger partial charge >= 0.3 is 0 Å². The van der Waals surface area contributed by atoms with Crippen molar-refractivity contribution in [2.45, 2.75) is 19.8 Å². The summed E-state index contributed by atoms with van der Waals surface area (Å²) in [7, 11) is 1.60. The van der Waals surface area contributed by atoms with Gasteiger partial charge in [0.1, 0.15) is 11.5 Å². The van der Waals surface area contributed by atoms with Crippen LogP contribution in [0.15, 0.2) is 18.2 Å². The number of nitrogen functional groups attached to an aromatic ring is 1. The van der Waals surface area contributed by atoms with Crippen LogP contribution in [0, 0.1) is 0 Å². The fourth-order valence-electron chi connectivity index (χ4n) is 1.28. The first-order chi connectivity index (χ1) is 6.63. The highest BCUT2D eigenvalue weighted by atomic mass is 16.5. The highest BCUT2D eigenvalue weighted by Crippen LogP contribution is 2.22. The lowest BCUT2D eigenvalue weighted by molar-refractivity contribution is -0.116. The van der Waals surface area contributed by atoms with Crippen LogP contribution in [0.4, 0.5) is 5.69 Å². The summed E-state index contributed by atoms with van der Waals surface area (Å²) in [5.74, 6) is 0.940. The number of anilines is 1. The van der Waals surface area contributed by atoms with Crippen molar-refractivity contribution < 1.29 is 9.53 Å². The number of ether oxygens (including phenoxy) is 1. The molecule has 0 atom stereocenters. The van der Waals surface area contributed by atoms with Gasteiger partial charge in [0.15, 0.2) is 0 Å². The number of Topliss-reactive ketones (excluding diaryl/α,β-unsaturated/α-hetero) is 1. The topological polar surface area (TPSA) is 52.3 Å². The maximum atomic E-state index is 10.8. The van der Waals surface area contributed by atoms with E-state index in [1.807, 2.05) is 12.1 Å². The number of carbonyl (C=O) groups excluding carboxylic acids is 1. The molecule has 0 spiro atoms. The largest absolute Gasteiger partial charge is 0.496 e. The van der Waals surface area contributed by atoms with E-state index in [1.165, 1.54) is 0 Å². The van der Waals surface area contributed by atoms with Crippen molar-refractivity contribution in [3.05, 3.63) is 23.8 Å². The summed E-state index contributed by atoms with van der Waals surface area (Å²) < 4.78 is 5.17. The van der Waals surface area contributed by atoms with Crippen molar-refractivity contribution in [3.8, 4) is 5.75 Å². The normalized spacial score (nSPS) is 9.86. The molecule has 0 saturated heterocycles. The molecule has 1 aromatic rings. The number of rotatable bonds is 4. The number of hydrogen-bond acceptors (Lipinski definition) is 3. The van der Waals surface area contributed by atoms with Gasteiger partial charge in [-0.15, -0.1) is 0 Å². The van der Waals surface area contributed by atoms with E-state index in [1.54, 1.807) is 20.1 Å². The van der Waals surface area contributed by atoms with Crippen molar-refractivity contribution in [2.75, 3.05) is 12.8 Å². The van der Waals surface area contributed by atoms with Gasteiger partial charge in [-0.1, -0.05) is 6.07 Å². The number of nitrogens with two attached hydrogens (primary N) is 1. The molecule has 3 heteroatoms. The van der Waals surface area contributed by atoms with Gasteiger partial charge in [0.05, 0.1) is 7.11 Å². The van der Waals surface area contributed by atoms with Crippen LogP contribution in [0.3, 0.4) is 0 Å². The van der Waals surface area contributed by atoms with Crippen LogP contribution in [0.2, 0.25) is 0 Å². The highest BCUT2D eigenvalue weighted by molar-refractivity contribution is 5.75. The van der Waals surface area contributed by atoms with Gasteiger partial charge in [-0.2, -0.15) is 0 Å². The van der Waals surface area contributed by atoms with Crippen molar-refractivity contribution >= 4 is 11.5 Å². The summed E-state index contributed by atoms with van der Waals surface area (Å²) in [5.41, 5.74) is 7.31. The maximum absolute atomic E-state index is 10.8. The molecule has 14 heavy (non-hydrogen) atoms. The molecule has 0 radical (unpaired) electrons. The van der Waals surface area contributed by atoms with E-state index in [-0.39, 0.29) is 5.78 Å². The second-order valence-electron chi connectivity index (χ2n) is 3.27. The van der Waals surface area contributed by atoms with Gasteiger partial charge in [-0.05, 0) is 25.0 Å². The maximum Gasteiger partial charge on any atom is 0.130 e. The van der Waals surface area contributed by atoms with Crippen LogP contribution in [0.25, 0.3) is 0 Å². The predicted octanol–water partition coefficient (Wildman–Crippen LogP) is 1.80. The Morgan fingerprint density at radius 3 is 2.79 bits per heavy atom. The molecule has 1 rings (SSSR count). The molecular weight excluding hydrogens is 178 g/mol. The number of carbonyl (C=O) groups is 1. The Hall–Kier alpha value is -1.51. The van der Waals surface area contributed by atoms with Crippen LogP contribution in [0.5, 0.6) is 5.75 Å². The summed E-state index contributed by atoms with van der Waals surface area (Å²) in [6.45, 7) is 1.59. The Morgan fingerprint density at radius 2 is 2.21 bits per heavy atom. The van der Waals surface area contributed by atoms with E-state index in [0.717, 1.165) is 11.3 Å². The third-order valence-electron chi connectivity index (χ3n) is 2.06. The summed E-state index contributed by atoms with van der Waals surface area (Å²) >= 11 is 0. The second-order valence-corrected chi connectivity index (χ2v) is 3.27. The fraction of sp³-hybridized carbons (Fsp3) is 0.364. The minimum Gasteiger partial charge on any atom is -0.496 e. The number of ketones is 1. The van der Waals surface area contributed by atoms with Crippen LogP contribution in [-0.2, 0) is 11.2 Å². The molecule has 76 valence electrons. The van der Waals surface area contributed by atoms with E-state index in [0.29, 0.717) is 18.5 Å². The summed E-state index contributed by atoms with van der Waals surface area (Å²) in [6, 6.07) is 5.49. The van der Waals surface area contributed by atoms with Gasteiger partial charge in [-0.25, -0.2) is 0 Å². The molecule has 0 amide bonds. The second kappa shape index (κ2) is 4.65. The van der Waals surface area contributed by atoms with Crippen LogP contribution in [-0.4, -0.2) is 12.9 Å². The quantitative estimate of drug-likeness (QED) is 0.742. The Balaban J connectivity index is 2.80. The van der Waals surface area contributed by atoms with Crippen molar-refractivity contribution in [3.63, 3.8) is 0 Å². The lowest BCUT2D eigenvalue weighted by atomic mass is 10.1. The van der Waals surface area contributed by atoms with Crippen molar-refractivity contribution in [2.24, 2.45) is 0 Å². The summed E-state index contributed by atoms with van der Waals surface area (Å²) in [6.07, 6.45) is 1.25. The predicted molar refractivity (Wildman–Crippen MR) is 56.4 cm³/mol. The number of hydrogen-bond donors (Lipinski definition) is 1. The SMILES string of the molecule is COc1cc(N)ccc1CCC(C)=O. The Bertz CT molecular complexity index is 334. The lowest BCUT2D eigenvalue weighted by Crippen LogP contribution is -1.98. The van der Waals surface area contributed by atoms with Crippen LogP contribution in [0.1, 0.15) is 18.9 Å². The van der Waals surface area contributed by atoms with Gasteiger partial charge in [0.25, 0.3) is 0 Å².